The molecule has 0 heterocycles. The van der Waals surface area contributed by atoms with E-state index in [-0.39, 0.29) is 0 Å². The molecule has 1 nitrogen and oxygen atoms in total. The van der Waals surface area contributed by atoms with Crippen LogP contribution in [0.5, 0.6) is 0 Å². The summed E-state index contributed by atoms with van der Waals surface area (Å²) in [6, 6.07) is 0.701. The van der Waals surface area contributed by atoms with Gasteiger partial charge < -0.3 is 4.90 Å². The van der Waals surface area contributed by atoms with E-state index in [4.69, 9.17) is 0 Å². The first-order valence-corrected chi connectivity index (χ1v) is 4.87. The van der Waals surface area contributed by atoms with Crippen LogP contribution in [0.3, 0.4) is 0 Å². The fourth-order valence-electron chi connectivity index (χ4n) is 0.481. The second kappa shape index (κ2) is 5.03. The summed E-state index contributed by atoms with van der Waals surface area (Å²) in [5, 5.41) is 0.766. The first-order valence-electron chi connectivity index (χ1n) is 3.82. The molecule has 0 N–H and O–H groups in total. The fraction of sp³-hybridized carbons (Fsp3) is 1.00. The maximum absolute atomic E-state index is 2.26. The number of nitrogens with zero attached hydrogens (tertiary/aromatic N) is 1. The van der Waals surface area contributed by atoms with Crippen molar-refractivity contribution in [3.8, 4) is 0 Å². The van der Waals surface area contributed by atoms with Crippen molar-refractivity contribution in [1.82, 2.24) is 4.90 Å². The molecule has 1 atom stereocenters. The van der Waals surface area contributed by atoms with Gasteiger partial charge in [0.25, 0.3) is 0 Å². The van der Waals surface area contributed by atoms with Crippen LogP contribution in [0, 0.1) is 0 Å². The molecule has 0 saturated carbocycles. The molecule has 0 radical (unpaired) electrons. The van der Waals surface area contributed by atoms with E-state index >= 15 is 0 Å². The van der Waals surface area contributed by atoms with Crippen molar-refractivity contribution in [1.29, 1.82) is 0 Å². The van der Waals surface area contributed by atoms with Crippen molar-refractivity contribution in [2.45, 2.75) is 32.1 Å². The Labute approximate surface area is 69.2 Å². The highest BCUT2D eigenvalue weighted by Gasteiger charge is 2.04. The molecule has 0 amide bonds. The Bertz CT molecular complexity index is 81.3. The molecular weight excluding hydrogens is 142 g/mol. The number of thioether (sulfide) groups is 1. The third-order valence-electron chi connectivity index (χ3n) is 1.55. The Hall–Kier alpha value is 0.310. The van der Waals surface area contributed by atoms with Crippen LogP contribution in [0.4, 0.5) is 0 Å². The minimum atomic E-state index is 0.701. The smallest absolute Gasteiger partial charge is 0.0152 e. The molecule has 10 heavy (non-hydrogen) atoms. The zero-order valence-corrected chi connectivity index (χ0v) is 8.53. The van der Waals surface area contributed by atoms with E-state index in [2.05, 4.69) is 39.8 Å². The van der Waals surface area contributed by atoms with Crippen LogP contribution in [0.25, 0.3) is 0 Å². The standard InChI is InChI=1S/C8H19NS/c1-7(2)10-6-8(3)9(4)5/h7-8H,6H2,1-5H3/t8-/m1/s1. The van der Waals surface area contributed by atoms with Gasteiger partial charge in [0.15, 0.2) is 0 Å². The molecule has 0 saturated heterocycles. The Morgan fingerprint density at radius 2 is 1.70 bits per heavy atom. The normalized spacial score (nSPS) is 14.7. The minimum absolute atomic E-state index is 0.701. The van der Waals surface area contributed by atoms with E-state index in [0.717, 1.165) is 5.25 Å². The second-order valence-electron chi connectivity index (χ2n) is 3.19. The van der Waals surface area contributed by atoms with Crippen molar-refractivity contribution in [2.75, 3.05) is 19.8 Å². The summed E-state index contributed by atoms with van der Waals surface area (Å²) in [6.45, 7) is 6.75. The monoisotopic (exact) mass is 161 g/mol. The maximum atomic E-state index is 2.26. The predicted molar refractivity (Wildman–Crippen MR) is 50.7 cm³/mol. The van der Waals surface area contributed by atoms with Crippen LogP contribution in [0.2, 0.25) is 0 Å². The number of hydrogen-bond donors (Lipinski definition) is 0. The Balaban J connectivity index is 3.30. The maximum Gasteiger partial charge on any atom is 0.0152 e. The number of hydrogen-bond acceptors (Lipinski definition) is 2. The molecule has 0 aliphatic carbocycles. The SMILES string of the molecule is CC(C)SC[C@@H](C)N(C)C. The predicted octanol–water partition coefficient (Wildman–Crippen LogP) is 2.08. The van der Waals surface area contributed by atoms with Crippen LogP contribution in [-0.4, -0.2) is 36.0 Å². The average Bonchev–Trinajstić information content (AvgIpc) is 1.82. The topological polar surface area (TPSA) is 3.24 Å². The molecule has 0 bridgehead atoms. The summed E-state index contributed by atoms with van der Waals surface area (Å²) in [6.07, 6.45) is 0. The van der Waals surface area contributed by atoms with Crippen molar-refractivity contribution in [3.05, 3.63) is 0 Å². The average molecular weight is 161 g/mol. The van der Waals surface area contributed by atoms with Crippen molar-refractivity contribution in [3.63, 3.8) is 0 Å². The summed E-state index contributed by atoms with van der Waals surface area (Å²) in [7, 11) is 4.26. The summed E-state index contributed by atoms with van der Waals surface area (Å²) in [4.78, 5) is 2.26. The summed E-state index contributed by atoms with van der Waals surface area (Å²) < 4.78 is 0. The molecule has 0 spiro atoms. The van der Waals surface area contributed by atoms with Crippen LogP contribution in [0.1, 0.15) is 20.8 Å². The van der Waals surface area contributed by atoms with Crippen molar-refractivity contribution < 1.29 is 0 Å². The highest BCUT2D eigenvalue weighted by atomic mass is 32.2. The van der Waals surface area contributed by atoms with Crippen LogP contribution in [-0.2, 0) is 0 Å². The molecule has 0 aromatic rings. The molecule has 2 heteroatoms. The lowest BCUT2D eigenvalue weighted by Gasteiger charge is -2.19. The van der Waals surface area contributed by atoms with Crippen molar-refractivity contribution >= 4 is 11.8 Å². The second-order valence-corrected chi connectivity index (χ2v) is 4.80. The van der Waals surface area contributed by atoms with E-state index in [1.807, 2.05) is 11.8 Å². The molecular formula is C8H19NS. The lowest BCUT2D eigenvalue weighted by atomic mass is 10.4. The molecule has 0 unspecified atom stereocenters. The van der Waals surface area contributed by atoms with Crippen LogP contribution in [0.15, 0.2) is 0 Å². The molecule has 62 valence electrons. The molecule has 0 aliphatic heterocycles. The van der Waals surface area contributed by atoms with E-state index in [1.54, 1.807) is 0 Å². The Morgan fingerprint density at radius 1 is 1.20 bits per heavy atom. The van der Waals surface area contributed by atoms with Gasteiger partial charge >= 0.3 is 0 Å². The lowest BCUT2D eigenvalue weighted by Crippen LogP contribution is -2.27. The summed E-state index contributed by atoms with van der Waals surface area (Å²) in [5.74, 6) is 1.24. The highest BCUT2D eigenvalue weighted by molar-refractivity contribution is 7.99. The van der Waals surface area contributed by atoms with E-state index in [9.17, 15) is 0 Å². The summed E-state index contributed by atoms with van der Waals surface area (Å²) >= 11 is 2.03. The molecule has 0 aliphatic rings. The van der Waals surface area contributed by atoms with Gasteiger partial charge in [-0.15, -0.1) is 0 Å². The quantitative estimate of drug-likeness (QED) is 0.621. The Morgan fingerprint density at radius 3 is 2.00 bits per heavy atom. The van der Waals surface area contributed by atoms with Gasteiger partial charge in [-0.2, -0.15) is 11.8 Å². The van der Waals surface area contributed by atoms with E-state index in [1.165, 1.54) is 5.75 Å². The van der Waals surface area contributed by atoms with Gasteiger partial charge in [-0.1, -0.05) is 13.8 Å². The van der Waals surface area contributed by atoms with Gasteiger partial charge in [-0.3, -0.25) is 0 Å². The molecule has 0 fully saturated rings. The van der Waals surface area contributed by atoms with E-state index < -0.39 is 0 Å². The van der Waals surface area contributed by atoms with Gasteiger partial charge in [-0.25, -0.2) is 0 Å². The van der Waals surface area contributed by atoms with Crippen LogP contribution >= 0.6 is 11.8 Å². The first kappa shape index (κ1) is 10.3. The third kappa shape index (κ3) is 5.12. The lowest BCUT2D eigenvalue weighted by molar-refractivity contribution is 0.340. The zero-order valence-electron chi connectivity index (χ0n) is 7.72. The largest absolute Gasteiger partial charge is 0.306 e. The number of rotatable bonds is 4. The fourth-order valence-corrected chi connectivity index (χ4v) is 1.44. The van der Waals surface area contributed by atoms with Gasteiger partial charge in [-0.05, 0) is 26.3 Å². The third-order valence-corrected chi connectivity index (χ3v) is 2.89. The minimum Gasteiger partial charge on any atom is -0.306 e. The summed E-state index contributed by atoms with van der Waals surface area (Å²) in [5.41, 5.74) is 0. The molecule has 0 rings (SSSR count). The highest BCUT2D eigenvalue weighted by Crippen LogP contribution is 2.11. The van der Waals surface area contributed by atoms with Gasteiger partial charge in [0.05, 0.1) is 0 Å². The van der Waals surface area contributed by atoms with Gasteiger partial charge in [0.1, 0.15) is 0 Å². The zero-order chi connectivity index (χ0) is 8.15. The molecule has 0 aromatic heterocycles. The Kier molecular flexibility index (Phi) is 5.18. The van der Waals surface area contributed by atoms with Gasteiger partial charge in [0, 0.05) is 11.8 Å². The molecule has 0 aromatic carbocycles. The van der Waals surface area contributed by atoms with Crippen molar-refractivity contribution in [2.24, 2.45) is 0 Å². The van der Waals surface area contributed by atoms with E-state index in [0.29, 0.717) is 6.04 Å². The first-order chi connectivity index (χ1) is 4.54. The van der Waals surface area contributed by atoms with Crippen LogP contribution < -0.4 is 0 Å². The van der Waals surface area contributed by atoms with Gasteiger partial charge in [0.2, 0.25) is 0 Å².